The highest BCUT2D eigenvalue weighted by molar-refractivity contribution is 5.55. The van der Waals surface area contributed by atoms with Crippen LogP contribution in [0.2, 0.25) is 0 Å². The first kappa shape index (κ1) is 14.0. The molecule has 2 aliphatic rings. The lowest BCUT2D eigenvalue weighted by Gasteiger charge is -2.29. The van der Waals surface area contributed by atoms with E-state index in [2.05, 4.69) is 15.0 Å². The molecule has 5 heteroatoms. The molecule has 0 bridgehead atoms. The van der Waals surface area contributed by atoms with E-state index in [0.717, 1.165) is 31.7 Å². The first-order valence-corrected chi connectivity index (χ1v) is 8.90. The Morgan fingerprint density at radius 2 is 1.55 bits per heavy atom. The van der Waals surface area contributed by atoms with Gasteiger partial charge in [-0.05, 0) is 38.5 Å². The van der Waals surface area contributed by atoms with E-state index in [0.29, 0.717) is 0 Å². The van der Waals surface area contributed by atoms with Gasteiger partial charge in [0, 0.05) is 18.7 Å². The Morgan fingerprint density at radius 3 is 2.36 bits per heavy atom. The summed E-state index contributed by atoms with van der Waals surface area (Å²) < 4.78 is 1.99. The Kier molecular flexibility index (Phi) is 3.95. The van der Waals surface area contributed by atoms with E-state index in [1.54, 1.807) is 6.33 Å². The van der Waals surface area contributed by atoms with Gasteiger partial charge in [-0.3, -0.25) is 0 Å². The van der Waals surface area contributed by atoms with Crippen molar-refractivity contribution in [3.05, 3.63) is 17.6 Å². The van der Waals surface area contributed by atoms with Gasteiger partial charge in [0.25, 0.3) is 5.78 Å². The zero-order valence-electron chi connectivity index (χ0n) is 13.3. The third-order valence-corrected chi connectivity index (χ3v) is 5.08. The van der Waals surface area contributed by atoms with Gasteiger partial charge in [0.2, 0.25) is 0 Å². The predicted molar refractivity (Wildman–Crippen MR) is 87.3 cm³/mol. The minimum absolute atomic E-state index is 0.774. The Balaban J connectivity index is 1.78. The van der Waals surface area contributed by atoms with Crippen LogP contribution in [0.4, 0.5) is 5.82 Å². The summed E-state index contributed by atoms with van der Waals surface area (Å²) in [4.78, 5) is 11.7. The topological polar surface area (TPSA) is 46.3 Å². The summed E-state index contributed by atoms with van der Waals surface area (Å²) in [6, 6.07) is 0. The number of aromatic nitrogens is 4. The minimum atomic E-state index is 0.774. The van der Waals surface area contributed by atoms with Gasteiger partial charge < -0.3 is 4.90 Å². The molecule has 0 spiro atoms. The van der Waals surface area contributed by atoms with Crippen LogP contribution in [-0.4, -0.2) is 32.7 Å². The van der Waals surface area contributed by atoms with E-state index in [4.69, 9.17) is 4.98 Å². The number of aryl methyl sites for hydroxylation is 1. The van der Waals surface area contributed by atoms with Crippen LogP contribution in [-0.2, 0) is 12.8 Å². The molecule has 0 aromatic carbocycles. The molecular formula is C17H25N5. The van der Waals surface area contributed by atoms with Crippen molar-refractivity contribution in [1.29, 1.82) is 0 Å². The SMILES string of the molecule is c1nc2nc3c(c(N4CCCCCCCC4)n2n1)CCCC3. The molecule has 3 heterocycles. The molecule has 0 unspecified atom stereocenters. The van der Waals surface area contributed by atoms with Crippen LogP contribution in [0, 0.1) is 0 Å². The van der Waals surface area contributed by atoms with Crippen molar-refractivity contribution in [2.75, 3.05) is 18.0 Å². The largest absolute Gasteiger partial charge is 0.356 e. The first-order chi connectivity index (χ1) is 10.9. The maximum Gasteiger partial charge on any atom is 0.254 e. The molecule has 0 amide bonds. The molecule has 0 saturated carbocycles. The maximum atomic E-state index is 4.75. The second-order valence-corrected chi connectivity index (χ2v) is 6.65. The lowest BCUT2D eigenvalue weighted by Crippen LogP contribution is -2.30. The number of fused-ring (bicyclic) bond motifs is 2. The summed E-state index contributed by atoms with van der Waals surface area (Å²) >= 11 is 0. The highest BCUT2D eigenvalue weighted by atomic mass is 15.4. The molecule has 2 aromatic rings. The van der Waals surface area contributed by atoms with Crippen LogP contribution in [0.25, 0.3) is 5.78 Å². The zero-order valence-corrected chi connectivity index (χ0v) is 13.3. The fourth-order valence-corrected chi connectivity index (χ4v) is 3.92. The second-order valence-electron chi connectivity index (χ2n) is 6.65. The average Bonchev–Trinajstić information content (AvgIpc) is 3.05. The number of rotatable bonds is 1. The maximum absolute atomic E-state index is 4.75. The van der Waals surface area contributed by atoms with Crippen LogP contribution in [0.5, 0.6) is 0 Å². The number of nitrogens with zero attached hydrogens (tertiary/aromatic N) is 5. The molecule has 1 aliphatic carbocycles. The van der Waals surface area contributed by atoms with E-state index < -0.39 is 0 Å². The van der Waals surface area contributed by atoms with E-state index in [1.807, 2.05) is 4.52 Å². The van der Waals surface area contributed by atoms with Gasteiger partial charge in [-0.25, -0.2) is 4.98 Å². The molecular weight excluding hydrogens is 274 g/mol. The van der Waals surface area contributed by atoms with Gasteiger partial charge >= 0.3 is 0 Å². The molecule has 1 fully saturated rings. The molecule has 4 rings (SSSR count). The number of anilines is 1. The zero-order chi connectivity index (χ0) is 14.8. The highest BCUT2D eigenvalue weighted by Gasteiger charge is 2.23. The van der Waals surface area contributed by atoms with Gasteiger partial charge in [-0.2, -0.15) is 14.6 Å². The highest BCUT2D eigenvalue weighted by Crippen LogP contribution is 2.30. The van der Waals surface area contributed by atoms with E-state index in [9.17, 15) is 0 Å². The molecule has 0 atom stereocenters. The standard InChI is InChI=1S/C17H25N5/c1-2-4-8-12-21(11-7-3-1)16-14-9-5-6-10-15(14)20-17-18-13-19-22(16)17/h13H,1-12H2. The van der Waals surface area contributed by atoms with Crippen molar-refractivity contribution in [2.45, 2.75) is 64.2 Å². The fraction of sp³-hybridized carbons (Fsp3) is 0.706. The second kappa shape index (κ2) is 6.23. The van der Waals surface area contributed by atoms with Crippen molar-refractivity contribution >= 4 is 11.6 Å². The molecule has 118 valence electrons. The fourth-order valence-electron chi connectivity index (χ4n) is 3.92. The summed E-state index contributed by atoms with van der Waals surface area (Å²) in [6.45, 7) is 2.29. The van der Waals surface area contributed by atoms with Gasteiger partial charge in [-0.15, -0.1) is 0 Å². The Labute approximate surface area is 131 Å². The Morgan fingerprint density at radius 1 is 0.818 bits per heavy atom. The molecule has 1 saturated heterocycles. The van der Waals surface area contributed by atoms with Crippen molar-refractivity contribution in [1.82, 2.24) is 19.6 Å². The van der Waals surface area contributed by atoms with Crippen molar-refractivity contribution < 1.29 is 0 Å². The van der Waals surface area contributed by atoms with Crippen LogP contribution in [0.15, 0.2) is 6.33 Å². The summed E-state index contributed by atoms with van der Waals surface area (Å²) in [5.41, 5.74) is 2.70. The Hall–Kier alpha value is -1.65. The van der Waals surface area contributed by atoms with Gasteiger partial charge in [-0.1, -0.05) is 25.7 Å². The smallest absolute Gasteiger partial charge is 0.254 e. The monoisotopic (exact) mass is 299 g/mol. The molecule has 1 aliphatic heterocycles. The lowest BCUT2D eigenvalue weighted by molar-refractivity contribution is 0.635. The van der Waals surface area contributed by atoms with Gasteiger partial charge in [0.1, 0.15) is 12.1 Å². The van der Waals surface area contributed by atoms with E-state index in [-0.39, 0.29) is 0 Å². The molecule has 22 heavy (non-hydrogen) atoms. The quantitative estimate of drug-likeness (QED) is 0.811. The molecule has 0 radical (unpaired) electrons. The van der Waals surface area contributed by atoms with E-state index in [1.165, 1.54) is 68.4 Å². The van der Waals surface area contributed by atoms with Gasteiger partial charge in [0.05, 0.1) is 5.69 Å². The minimum Gasteiger partial charge on any atom is -0.356 e. The van der Waals surface area contributed by atoms with Crippen molar-refractivity contribution in [2.24, 2.45) is 0 Å². The van der Waals surface area contributed by atoms with Crippen LogP contribution < -0.4 is 4.90 Å². The first-order valence-electron chi connectivity index (χ1n) is 8.90. The number of hydrogen-bond donors (Lipinski definition) is 0. The van der Waals surface area contributed by atoms with Crippen molar-refractivity contribution in [3.8, 4) is 0 Å². The molecule has 0 N–H and O–H groups in total. The third kappa shape index (κ3) is 2.57. The summed E-state index contributed by atoms with van der Waals surface area (Å²) in [6.07, 6.45) is 14.5. The Bertz CT molecular complexity index is 638. The van der Waals surface area contributed by atoms with Crippen molar-refractivity contribution in [3.63, 3.8) is 0 Å². The summed E-state index contributed by atoms with van der Waals surface area (Å²) in [5, 5.41) is 4.48. The van der Waals surface area contributed by atoms with Crippen LogP contribution >= 0.6 is 0 Å². The van der Waals surface area contributed by atoms with Crippen LogP contribution in [0.1, 0.15) is 62.6 Å². The lowest BCUT2D eigenvalue weighted by atomic mass is 9.96. The molecule has 5 nitrogen and oxygen atoms in total. The third-order valence-electron chi connectivity index (χ3n) is 5.08. The van der Waals surface area contributed by atoms with Gasteiger partial charge in [0.15, 0.2) is 0 Å². The normalized spacial score (nSPS) is 20.3. The van der Waals surface area contributed by atoms with Crippen LogP contribution in [0.3, 0.4) is 0 Å². The summed E-state index contributed by atoms with van der Waals surface area (Å²) in [5.74, 6) is 2.06. The number of hydrogen-bond acceptors (Lipinski definition) is 4. The average molecular weight is 299 g/mol. The summed E-state index contributed by atoms with van der Waals surface area (Å²) in [7, 11) is 0. The predicted octanol–water partition coefficient (Wildman–Crippen LogP) is 3.16. The molecule has 2 aromatic heterocycles. The van der Waals surface area contributed by atoms with E-state index >= 15 is 0 Å².